The van der Waals surface area contributed by atoms with Gasteiger partial charge in [-0.15, -0.1) is 11.3 Å². The monoisotopic (exact) mass is 462 g/mol. The van der Waals surface area contributed by atoms with Gasteiger partial charge in [-0.05, 0) is 53.6 Å². The number of rotatable bonds is 10. The summed E-state index contributed by atoms with van der Waals surface area (Å²) in [6.45, 7) is 5.44. The lowest BCUT2D eigenvalue weighted by Gasteiger charge is -2.37. The Morgan fingerprint density at radius 1 is 1.28 bits per heavy atom. The maximum atomic E-state index is 13.4. The normalized spacial score (nSPS) is 16.4. The van der Waals surface area contributed by atoms with Gasteiger partial charge < -0.3 is 19.3 Å². The number of hydrogen-bond acceptors (Lipinski definition) is 5. The van der Waals surface area contributed by atoms with Crippen LogP contribution in [0.4, 0.5) is 4.39 Å². The van der Waals surface area contributed by atoms with E-state index < -0.39 is 0 Å². The lowest BCUT2D eigenvalue weighted by molar-refractivity contribution is -0.145. The van der Waals surface area contributed by atoms with E-state index in [9.17, 15) is 14.0 Å². The molecule has 8 heteroatoms. The summed E-state index contributed by atoms with van der Waals surface area (Å²) in [4.78, 5) is 30.6. The third kappa shape index (κ3) is 6.07. The molecular formula is C24H31FN2O4S. The Labute approximate surface area is 192 Å². The first-order chi connectivity index (χ1) is 15.4. The molecule has 174 valence electrons. The largest absolute Gasteiger partial charge is 0.491 e. The number of hydrogen-bond donors (Lipinski definition) is 0. The molecule has 1 aromatic carbocycles. The summed E-state index contributed by atoms with van der Waals surface area (Å²) in [5.74, 6) is 0.214. The van der Waals surface area contributed by atoms with E-state index in [4.69, 9.17) is 9.47 Å². The zero-order chi connectivity index (χ0) is 23.1. The molecule has 0 spiro atoms. The number of fused-ring (bicyclic) bond motifs is 1. The summed E-state index contributed by atoms with van der Waals surface area (Å²) < 4.78 is 24.2. The van der Waals surface area contributed by atoms with Crippen LogP contribution in [0.5, 0.6) is 5.75 Å². The molecule has 6 nitrogen and oxygen atoms in total. The standard InChI is InChI=1S/C24H31FN2O4S/c1-4-17(2)13-26(24(29)16-30-3)14-23(28)27-11-9-22-20(10-12-32-22)21(27)15-31-19-7-5-18(25)6-8-19/h5-8,10,12,17,21H,4,9,11,13-16H2,1-3H3/t17-,21-/m0/s1. The summed E-state index contributed by atoms with van der Waals surface area (Å²) in [5.41, 5.74) is 1.08. The Morgan fingerprint density at radius 3 is 2.72 bits per heavy atom. The van der Waals surface area contributed by atoms with Crippen LogP contribution in [0.2, 0.25) is 0 Å². The van der Waals surface area contributed by atoms with Crippen molar-refractivity contribution in [3.8, 4) is 5.75 Å². The van der Waals surface area contributed by atoms with E-state index in [0.717, 1.165) is 18.4 Å². The lowest BCUT2D eigenvalue weighted by atomic mass is 10.00. The number of amides is 2. The minimum atomic E-state index is -0.325. The van der Waals surface area contributed by atoms with Crippen molar-refractivity contribution in [2.45, 2.75) is 32.7 Å². The smallest absolute Gasteiger partial charge is 0.249 e. The molecule has 1 aromatic heterocycles. The minimum absolute atomic E-state index is 0.0129. The first kappa shape index (κ1) is 24.2. The summed E-state index contributed by atoms with van der Waals surface area (Å²) in [5, 5.41) is 2.03. The van der Waals surface area contributed by atoms with E-state index in [1.54, 1.807) is 28.4 Å². The molecule has 2 amide bonds. The molecule has 1 aliphatic heterocycles. The van der Waals surface area contributed by atoms with Gasteiger partial charge in [0.25, 0.3) is 0 Å². The number of carbonyl (C=O) groups excluding carboxylic acids is 2. The average molecular weight is 463 g/mol. The molecule has 0 bridgehead atoms. The highest BCUT2D eigenvalue weighted by atomic mass is 32.1. The summed E-state index contributed by atoms with van der Waals surface area (Å²) >= 11 is 1.68. The molecule has 0 saturated carbocycles. The number of carbonyl (C=O) groups is 2. The fourth-order valence-electron chi connectivity index (χ4n) is 3.81. The predicted octanol–water partition coefficient (Wildman–Crippen LogP) is 3.91. The number of benzene rings is 1. The predicted molar refractivity (Wildman–Crippen MR) is 122 cm³/mol. The molecule has 0 saturated heterocycles. The fraction of sp³-hybridized carbons (Fsp3) is 0.500. The van der Waals surface area contributed by atoms with Crippen LogP contribution in [0.15, 0.2) is 35.7 Å². The third-order valence-electron chi connectivity index (χ3n) is 5.81. The van der Waals surface area contributed by atoms with Crippen LogP contribution in [-0.2, 0) is 20.7 Å². The van der Waals surface area contributed by atoms with Crippen molar-refractivity contribution in [2.75, 3.05) is 40.0 Å². The summed E-state index contributed by atoms with van der Waals surface area (Å²) in [7, 11) is 1.48. The minimum Gasteiger partial charge on any atom is -0.491 e. The Hall–Kier alpha value is -2.45. The van der Waals surface area contributed by atoms with Gasteiger partial charge in [0.1, 0.15) is 24.8 Å². The van der Waals surface area contributed by atoms with Crippen molar-refractivity contribution in [3.05, 3.63) is 52.0 Å². The Morgan fingerprint density at radius 2 is 2.03 bits per heavy atom. The highest BCUT2D eigenvalue weighted by Crippen LogP contribution is 2.34. The van der Waals surface area contributed by atoms with Crippen LogP contribution in [0, 0.1) is 11.7 Å². The van der Waals surface area contributed by atoms with Crippen molar-refractivity contribution in [1.82, 2.24) is 9.80 Å². The second-order valence-corrected chi connectivity index (χ2v) is 9.14. The number of halogens is 1. The van der Waals surface area contributed by atoms with E-state index in [2.05, 4.69) is 13.8 Å². The van der Waals surface area contributed by atoms with Gasteiger partial charge in [0.2, 0.25) is 11.8 Å². The highest BCUT2D eigenvalue weighted by Gasteiger charge is 2.33. The highest BCUT2D eigenvalue weighted by molar-refractivity contribution is 7.10. The molecule has 0 unspecified atom stereocenters. The van der Waals surface area contributed by atoms with Crippen molar-refractivity contribution in [1.29, 1.82) is 0 Å². The molecule has 0 fully saturated rings. The number of methoxy groups -OCH3 is 1. The zero-order valence-corrected chi connectivity index (χ0v) is 19.7. The van der Waals surface area contributed by atoms with E-state index in [0.29, 0.717) is 18.8 Å². The molecule has 0 radical (unpaired) electrons. The molecule has 0 N–H and O–H groups in total. The van der Waals surface area contributed by atoms with Crippen molar-refractivity contribution < 1.29 is 23.5 Å². The van der Waals surface area contributed by atoms with Crippen molar-refractivity contribution in [2.24, 2.45) is 5.92 Å². The Bertz CT molecular complexity index is 902. The SMILES string of the molecule is CC[C@H](C)CN(CC(=O)N1CCc2sccc2[C@@H]1COc1ccc(F)cc1)C(=O)COC. The van der Waals surface area contributed by atoms with Gasteiger partial charge in [-0.1, -0.05) is 20.3 Å². The summed E-state index contributed by atoms with van der Waals surface area (Å²) in [6, 6.07) is 7.63. The molecule has 3 rings (SSSR count). The van der Waals surface area contributed by atoms with Gasteiger partial charge >= 0.3 is 0 Å². The quantitative estimate of drug-likeness (QED) is 0.537. The van der Waals surface area contributed by atoms with Gasteiger partial charge in [-0.3, -0.25) is 9.59 Å². The second-order valence-electron chi connectivity index (χ2n) is 8.14. The van der Waals surface area contributed by atoms with E-state index in [1.807, 2.05) is 16.3 Å². The first-order valence-corrected chi connectivity index (χ1v) is 11.8. The van der Waals surface area contributed by atoms with Crippen LogP contribution in [-0.4, -0.2) is 61.6 Å². The van der Waals surface area contributed by atoms with Gasteiger partial charge in [0.15, 0.2) is 0 Å². The van der Waals surface area contributed by atoms with Crippen LogP contribution in [0.3, 0.4) is 0 Å². The van der Waals surface area contributed by atoms with Crippen LogP contribution >= 0.6 is 11.3 Å². The first-order valence-electron chi connectivity index (χ1n) is 10.9. The Kier molecular flexibility index (Phi) is 8.64. The van der Waals surface area contributed by atoms with E-state index in [1.165, 1.54) is 24.1 Å². The van der Waals surface area contributed by atoms with Gasteiger partial charge in [0, 0.05) is 25.1 Å². The third-order valence-corrected chi connectivity index (χ3v) is 6.81. The molecule has 2 aromatic rings. The van der Waals surface area contributed by atoms with Gasteiger partial charge in [0.05, 0.1) is 12.6 Å². The van der Waals surface area contributed by atoms with Crippen LogP contribution in [0.25, 0.3) is 0 Å². The molecule has 32 heavy (non-hydrogen) atoms. The van der Waals surface area contributed by atoms with Crippen LogP contribution in [0.1, 0.15) is 36.8 Å². The second kappa shape index (κ2) is 11.4. The molecule has 2 atom stereocenters. The topological polar surface area (TPSA) is 59.1 Å². The number of thiophene rings is 1. The number of ether oxygens (including phenoxy) is 2. The lowest BCUT2D eigenvalue weighted by Crippen LogP contribution is -2.49. The maximum Gasteiger partial charge on any atom is 0.249 e. The van der Waals surface area contributed by atoms with E-state index in [-0.39, 0.29) is 49.3 Å². The summed E-state index contributed by atoms with van der Waals surface area (Å²) in [6.07, 6.45) is 1.70. The van der Waals surface area contributed by atoms with Gasteiger partial charge in [-0.25, -0.2) is 4.39 Å². The van der Waals surface area contributed by atoms with Crippen molar-refractivity contribution in [3.63, 3.8) is 0 Å². The Balaban J connectivity index is 1.75. The molecule has 1 aliphatic rings. The number of nitrogens with zero attached hydrogens (tertiary/aromatic N) is 2. The average Bonchev–Trinajstić information content (AvgIpc) is 3.27. The van der Waals surface area contributed by atoms with Crippen molar-refractivity contribution >= 4 is 23.2 Å². The molecule has 0 aliphatic carbocycles. The zero-order valence-electron chi connectivity index (χ0n) is 18.9. The molecule has 2 heterocycles. The molecular weight excluding hydrogens is 431 g/mol. The maximum absolute atomic E-state index is 13.4. The van der Waals surface area contributed by atoms with E-state index >= 15 is 0 Å². The fourth-order valence-corrected chi connectivity index (χ4v) is 4.74. The van der Waals surface area contributed by atoms with Gasteiger partial charge in [-0.2, -0.15) is 0 Å². The van der Waals surface area contributed by atoms with Crippen LogP contribution < -0.4 is 4.74 Å².